The lowest BCUT2D eigenvalue weighted by Crippen LogP contribution is -3.15. The number of rotatable bonds is 6. The Labute approximate surface area is 188 Å². The zero-order valence-corrected chi connectivity index (χ0v) is 18.8. The van der Waals surface area contributed by atoms with Gasteiger partial charge in [0.25, 0.3) is 0 Å². The largest absolute Gasteiger partial charge is 0.488 e. The molecule has 5 rings (SSSR count). The van der Waals surface area contributed by atoms with Gasteiger partial charge in [-0.15, -0.1) is 22.7 Å². The summed E-state index contributed by atoms with van der Waals surface area (Å²) in [5.74, 6) is 1.94. The van der Waals surface area contributed by atoms with Crippen LogP contribution in [0.3, 0.4) is 0 Å². The molecule has 3 aromatic heterocycles. The van der Waals surface area contributed by atoms with Crippen LogP contribution in [0.25, 0.3) is 20.7 Å². The van der Waals surface area contributed by atoms with Crippen LogP contribution < -0.4 is 14.5 Å². The van der Waals surface area contributed by atoms with E-state index in [1.165, 1.54) is 15.8 Å². The molecule has 0 bridgehead atoms. The van der Waals surface area contributed by atoms with Crippen molar-refractivity contribution >= 4 is 50.3 Å². The Hall–Kier alpha value is -2.19. The SMILES string of the molecule is Clc1ccc(OCC[NH+]2CCN(c3ncnc4scc(-c5cccs5)c34)CC2)cc1. The predicted octanol–water partition coefficient (Wildman–Crippen LogP) is 3.86. The number of piperazine rings is 1. The maximum Gasteiger partial charge on any atom is 0.141 e. The second kappa shape index (κ2) is 8.89. The summed E-state index contributed by atoms with van der Waals surface area (Å²) in [7, 11) is 0. The van der Waals surface area contributed by atoms with Gasteiger partial charge in [0, 0.05) is 20.8 Å². The van der Waals surface area contributed by atoms with Crippen LogP contribution in [0.4, 0.5) is 5.82 Å². The first-order valence-corrected chi connectivity index (χ1v) is 12.1. The van der Waals surface area contributed by atoms with E-state index >= 15 is 0 Å². The van der Waals surface area contributed by atoms with Crippen molar-refractivity contribution in [1.29, 1.82) is 0 Å². The molecule has 8 heteroatoms. The summed E-state index contributed by atoms with van der Waals surface area (Å²) in [6.07, 6.45) is 1.70. The maximum atomic E-state index is 5.93. The van der Waals surface area contributed by atoms with E-state index in [-0.39, 0.29) is 0 Å². The van der Waals surface area contributed by atoms with Gasteiger partial charge in [-0.25, -0.2) is 9.97 Å². The van der Waals surface area contributed by atoms with Gasteiger partial charge < -0.3 is 14.5 Å². The van der Waals surface area contributed by atoms with Crippen molar-refractivity contribution in [3.8, 4) is 16.2 Å². The summed E-state index contributed by atoms with van der Waals surface area (Å²) in [6.45, 7) is 5.84. The molecule has 1 fully saturated rings. The molecule has 0 amide bonds. The van der Waals surface area contributed by atoms with E-state index in [4.69, 9.17) is 16.3 Å². The van der Waals surface area contributed by atoms with Gasteiger partial charge in [0.2, 0.25) is 0 Å². The van der Waals surface area contributed by atoms with Gasteiger partial charge in [-0.05, 0) is 35.7 Å². The van der Waals surface area contributed by atoms with Crippen molar-refractivity contribution in [3.63, 3.8) is 0 Å². The molecule has 1 aliphatic rings. The first kappa shape index (κ1) is 19.8. The highest BCUT2D eigenvalue weighted by atomic mass is 35.5. The van der Waals surface area contributed by atoms with Crippen molar-refractivity contribution in [2.75, 3.05) is 44.2 Å². The average molecular weight is 458 g/mol. The Kier molecular flexibility index (Phi) is 5.86. The first-order chi connectivity index (χ1) is 14.8. The molecule has 1 aromatic carbocycles. The number of nitrogens with one attached hydrogen (secondary N) is 1. The Bertz CT molecular complexity index is 1110. The number of quaternary nitrogens is 1. The van der Waals surface area contributed by atoms with Crippen LogP contribution in [-0.2, 0) is 0 Å². The molecule has 0 saturated carbocycles. The predicted molar refractivity (Wildman–Crippen MR) is 125 cm³/mol. The van der Waals surface area contributed by atoms with E-state index in [0.717, 1.165) is 54.1 Å². The van der Waals surface area contributed by atoms with E-state index in [9.17, 15) is 0 Å². The summed E-state index contributed by atoms with van der Waals surface area (Å²) in [5.41, 5.74) is 1.26. The molecule has 4 aromatic rings. The number of anilines is 1. The summed E-state index contributed by atoms with van der Waals surface area (Å²) < 4.78 is 5.87. The zero-order chi connectivity index (χ0) is 20.3. The third-order valence-electron chi connectivity index (χ3n) is 5.44. The maximum absolute atomic E-state index is 5.93. The summed E-state index contributed by atoms with van der Waals surface area (Å²) in [5, 5.41) is 6.26. The summed E-state index contributed by atoms with van der Waals surface area (Å²) in [4.78, 5) is 15.5. The lowest BCUT2D eigenvalue weighted by Gasteiger charge is -2.33. The molecule has 0 spiro atoms. The molecule has 0 radical (unpaired) electrons. The number of ether oxygens (including phenoxy) is 1. The lowest BCUT2D eigenvalue weighted by molar-refractivity contribution is -0.900. The van der Waals surface area contributed by atoms with E-state index in [2.05, 4.69) is 37.8 Å². The van der Waals surface area contributed by atoms with Gasteiger partial charge in [0.1, 0.15) is 35.9 Å². The van der Waals surface area contributed by atoms with Crippen molar-refractivity contribution in [2.45, 2.75) is 0 Å². The number of hydrogen-bond donors (Lipinski definition) is 1. The van der Waals surface area contributed by atoms with Crippen molar-refractivity contribution in [3.05, 3.63) is 58.5 Å². The standard InChI is InChI=1S/C22H21ClN4OS2/c23-16-3-5-17(6-4-16)28-12-11-26-7-9-27(10-8-26)21-20-18(19-2-1-13-29-19)14-30-22(20)25-15-24-21/h1-6,13-15H,7-12H2/p+1. The minimum Gasteiger partial charge on any atom is -0.488 e. The molecular weight excluding hydrogens is 436 g/mol. The third kappa shape index (κ3) is 4.16. The summed E-state index contributed by atoms with van der Waals surface area (Å²) >= 11 is 9.39. The van der Waals surface area contributed by atoms with E-state index in [1.54, 1.807) is 33.9 Å². The molecule has 1 N–H and O–H groups in total. The highest BCUT2D eigenvalue weighted by Gasteiger charge is 2.24. The minimum atomic E-state index is 0.710. The van der Waals surface area contributed by atoms with Gasteiger partial charge in [-0.3, -0.25) is 0 Å². The van der Waals surface area contributed by atoms with Crippen LogP contribution in [0.2, 0.25) is 5.02 Å². The Balaban J connectivity index is 1.23. The molecule has 0 aliphatic carbocycles. The van der Waals surface area contributed by atoms with Crippen molar-refractivity contribution in [2.24, 2.45) is 0 Å². The number of thiophene rings is 2. The van der Waals surface area contributed by atoms with Crippen molar-refractivity contribution < 1.29 is 9.64 Å². The number of benzene rings is 1. The Morgan fingerprint density at radius 2 is 1.90 bits per heavy atom. The van der Waals surface area contributed by atoms with Crippen LogP contribution in [0.5, 0.6) is 5.75 Å². The van der Waals surface area contributed by atoms with Crippen LogP contribution >= 0.6 is 34.3 Å². The molecule has 1 saturated heterocycles. The minimum absolute atomic E-state index is 0.710. The van der Waals surface area contributed by atoms with Gasteiger partial charge in [0.15, 0.2) is 0 Å². The third-order valence-corrected chi connectivity index (χ3v) is 7.49. The van der Waals surface area contributed by atoms with E-state index in [0.29, 0.717) is 6.61 Å². The second-order valence-corrected chi connectivity index (χ2v) is 9.54. The molecule has 4 heterocycles. The fourth-order valence-electron chi connectivity index (χ4n) is 3.84. The normalized spacial score (nSPS) is 15.0. The lowest BCUT2D eigenvalue weighted by atomic mass is 10.2. The van der Waals surface area contributed by atoms with Crippen molar-refractivity contribution in [1.82, 2.24) is 9.97 Å². The second-order valence-electron chi connectivity index (χ2n) is 7.29. The number of hydrogen-bond acceptors (Lipinski definition) is 6. The van der Waals surface area contributed by atoms with Crippen LogP contribution in [0.1, 0.15) is 0 Å². The molecule has 0 atom stereocenters. The molecule has 154 valence electrons. The smallest absolute Gasteiger partial charge is 0.141 e. The average Bonchev–Trinajstić information content (AvgIpc) is 3.45. The topological polar surface area (TPSA) is 42.7 Å². The molecule has 30 heavy (non-hydrogen) atoms. The summed E-state index contributed by atoms with van der Waals surface area (Å²) in [6, 6.07) is 11.8. The first-order valence-electron chi connectivity index (χ1n) is 10.0. The van der Waals surface area contributed by atoms with Gasteiger partial charge >= 0.3 is 0 Å². The zero-order valence-electron chi connectivity index (χ0n) is 16.4. The van der Waals surface area contributed by atoms with Gasteiger partial charge in [-0.1, -0.05) is 17.7 Å². The Morgan fingerprint density at radius 3 is 2.67 bits per heavy atom. The molecule has 5 nitrogen and oxygen atoms in total. The number of aromatic nitrogens is 2. The number of halogens is 1. The fraction of sp³-hybridized carbons (Fsp3) is 0.273. The molecular formula is C22H22ClN4OS2+. The van der Waals surface area contributed by atoms with Gasteiger partial charge in [0.05, 0.1) is 31.6 Å². The molecule has 0 unspecified atom stereocenters. The van der Waals surface area contributed by atoms with Gasteiger partial charge in [-0.2, -0.15) is 0 Å². The van der Waals surface area contributed by atoms with E-state index in [1.807, 2.05) is 24.3 Å². The Morgan fingerprint density at radius 1 is 1.07 bits per heavy atom. The molecule has 1 aliphatic heterocycles. The monoisotopic (exact) mass is 457 g/mol. The van der Waals surface area contributed by atoms with E-state index < -0.39 is 0 Å². The quantitative estimate of drug-likeness (QED) is 0.477. The fourth-order valence-corrected chi connectivity index (χ4v) is 5.69. The highest BCUT2D eigenvalue weighted by molar-refractivity contribution is 7.18. The number of fused-ring (bicyclic) bond motifs is 1. The highest BCUT2D eigenvalue weighted by Crippen LogP contribution is 2.39. The van der Waals surface area contributed by atoms with Crippen LogP contribution in [0.15, 0.2) is 53.5 Å². The number of nitrogens with zero attached hydrogens (tertiary/aromatic N) is 3. The van der Waals surface area contributed by atoms with Crippen LogP contribution in [0, 0.1) is 0 Å². The van der Waals surface area contributed by atoms with Crippen LogP contribution in [-0.4, -0.2) is 49.3 Å².